The van der Waals surface area contributed by atoms with Crippen LogP contribution < -0.4 is 5.32 Å². The monoisotopic (exact) mass is 189 g/mol. The van der Waals surface area contributed by atoms with Crippen molar-refractivity contribution in [3.63, 3.8) is 0 Å². The zero-order valence-electron chi connectivity index (χ0n) is 6.99. The van der Waals surface area contributed by atoms with Crippen molar-refractivity contribution in [2.75, 3.05) is 19.3 Å². The van der Waals surface area contributed by atoms with Gasteiger partial charge in [-0.3, -0.25) is 9.26 Å². The van der Waals surface area contributed by atoms with Crippen LogP contribution in [-0.4, -0.2) is 32.3 Å². The molecule has 0 aromatic heterocycles. The summed E-state index contributed by atoms with van der Waals surface area (Å²) in [6.07, 6.45) is 0.715. The van der Waals surface area contributed by atoms with Crippen LogP contribution in [0.4, 0.5) is 4.70 Å². The minimum atomic E-state index is -3.67. The lowest BCUT2D eigenvalue weighted by Crippen LogP contribution is -2.09. The molecule has 0 amide bonds. The second-order valence-corrected chi connectivity index (χ2v) is 3.16. The Morgan fingerprint density at radius 1 is 1.27 bits per heavy atom. The fraction of sp³-hybridized carbons (Fsp3) is 1.00. The fourth-order valence-electron chi connectivity index (χ4n) is 0.250. The predicted octanol–water partition coefficient (Wildman–Crippen LogP) is 0.272. The first-order chi connectivity index (χ1) is 4.41. The molecule has 0 rings (SSSR count). The summed E-state index contributed by atoms with van der Waals surface area (Å²) >= 11 is 0. The summed E-state index contributed by atoms with van der Waals surface area (Å²) in [6.45, 7) is 6.39. The van der Waals surface area contributed by atoms with E-state index in [1.165, 1.54) is 0 Å². The third kappa shape index (κ3) is 184. The molecule has 0 bridgehead atoms. The fourth-order valence-corrected chi connectivity index (χ4v) is 0.250. The molecule has 0 fully saturated rings. The van der Waals surface area contributed by atoms with Crippen LogP contribution in [0.3, 0.4) is 0 Å². The summed E-state index contributed by atoms with van der Waals surface area (Å²) in [5, 5.41) is 3.11. The van der Waals surface area contributed by atoms with Crippen LogP contribution >= 0.6 is 0 Å². The van der Waals surface area contributed by atoms with E-state index in [0.29, 0.717) is 6.26 Å². The molecule has 0 spiro atoms. The summed E-state index contributed by atoms with van der Waals surface area (Å²) < 4.78 is 25.9. The first-order valence-electron chi connectivity index (χ1n) is 3.05. The van der Waals surface area contributed by atoms with Gasteiger partial charge in [0.25, 0.3) is 10.1 Å². The maximum Gasteiger partial charge on any atom is 0.261 e. The van der Waals surface area contributed by atoms with Crippen molar-refractivity contribution >= 4 is 10.1 Å². The minimum absolute atomic E-state index is 0. The van der Waals surface area contributed by atoms with E-state index in [9.17, 15) is 8.42 Å². The molecule has 2 N–H and O–H groups in total. The largest absolute Gasteiger partial charge is 0.317 e. The molecular weight excluding hydrogens is 173 g/mol. The van der Waals surface area contributed by atoms with Crippen molar-refractivity contribution in [3.05, 3.63) is 0 Å². The van der Waals surface area contributed by atoms with Gasteiger partial charge in [-0.25, -0.2) is 0 Å². The number of hydrogen-bond donors (Lipinski definition) is 2. The van der Waals surface area contributed by atoms with Crippen molar-refractivity contribution < 1.29 is 17.7 Å². The molecule has 0 aliphatic rings. The highest BCUT2D eigenvalue weighted by atomic mass is 32.2. The molecule has 0 aliphatic carbocycles. The van der Waals surface area contributed by atoms with E-state index in [0.717, 1.165) is 13.1 Å². The molecule has 0 heterocycles. The average Bonchev–Trinajstić information content (AvgIpc) is 1.63. The van der Waals surface area contributed by atoms with Crippen LogP contribution in [0.15, 0.2) is 0 Å². The molecule has 4 nitrogen and oxygen atoms in total. The second kappa shape index (κ2) is 9.80. The highest BCUT2D eigenvalue weighted by molar-refractivity contribution is 7.85. The lowest BCUT2D eigenvalue weighted by atomic mass is 10.7. The Morgan fingerprint density at radius 2 is 1.45 bits per heavy atom. The van der Waals surface area contributed by atoms with Gasteiger partial charge < -0.3 is 5.32 Å². The molecule has 0 saturated heterocycles. The van der Waals surface area contributed by atoms with Gasteiger partial charge >= 0.3 is 0 Å². The van der Waals surface area contributed by atoms with E-state index >= 15 is 0 Å². The number of hydrogen-bond acceptors (Lipinski definition) is 3. The van der Waals surface area contributed by atoms with E-state index in [2.05, 4.69) is 19.2 Å². The van der Waals surface area contributed by atoms with E-state index in [-0.39, 0.29) is 4.70 Å². The van der Waals surface area contributed by atoms with Gasteiger partial charge in [0.1, 0.15) is 0 Å². The molecule has 0 aromatic carbocycles. The molecule has 0 atom stereocenters. The van der Waals surface area contributed by atoms with Crippen molar-refractivity contribution in [2.24, 2.45) is 0 Å². The van der Waals surface area contributed by atoms with Crippen LogP contribution in [0.5, 0.6) is 0 Å². The lowest BCUT2D eigenvalue weighted by molar-refractivity contribution is 0.490. The van der Waals surface area contributed by atoms with Crippen molar-refractivity contribution in [1.29, 1.82) is 0 Å². The van der Waals surface area contributed by atoms with Crippen LogP contribution in [0.1, 0.15) is 13.8 Å². The Bertz CT molecular complexity index is 136. The highest BCUT2D eigenvalue weighted by Gasteiger charge is 1.81. The summed E-state index contributed by atoms with van der Waals surface area (Å²) in [4.78, 5) is 0. The SMILES string of the molecule is CCNCC.CS(=O)(=O)O.F. The maximum absolute atomic E-state index is 9.19. The third-order valence-corrected chi connectivity index (χ3v) is 0.500. The molecule has 0 aromatic rings. The van der Waals surface area contributed by atoms with E-state index < -0.39 is 10.1 Å². The predicted molar refractivity (Wildman–Crippen MR) is 44.2 cm³/mol. The van der Waals surface area contributed by atoms with Crippen LogP contribution in [0, 0.1) is 0 Å². The second-order valence-electron chi connectivity index (χ2n) is 1.69. The first kappa shape index (κ1) is 17.0. The zero-order chi connectivity index (χ0) is 8.62. The van der Waals surface area contributed by atoms with E-state index in [1.807, 2.05) is 0 Å². The topological polar surface area (TPSA) is 66.4 Å². The molecule has 0 saturated carbocycles. The Morgan fingerprint density at radius 3 is 1.45 bits per heavy atom. The summed E-state index contributed by atoms with van der Waals surface area (Å²) in [7, 11) is -3.67. The number of nitrogens with one attached hydrogen (secondary N) is 1. The van der Waals surface area contributed by atoms with Gasteiger partial charge in [0.15, 0.2) is 0 Å². The maximum atomic E-state index is 9.19. The van der Waals surface area contributed by atoms with Crippen molar-refractivity contribution in [2.45, 2.75) is 13.8 Å². The van der Waals surface area contributed by atoms with Gasteiger partial charge in [-0.05, 0) is 13.1 Å². The molecule has 0 unspecified atom stereocenters. The van der Waals surface area contributed by atoms with Gasteiger partial charge in [0.05, 0.1) is 6.26 Å². The first-order valence-corrected chi connectivity index (χ1v) is 4.89. The molecule has 72 valence electrons. The van der Waals surface area contributed by atoms with Gasteiger partial charge in [-0.1, -0.05) is 13.8 Å². The number of halogens is 1. The number of rotatable bonds is 2. The van der Waals surface area contributed by atoms with Crippen molar-refractivity contribution in [1.82, 2.24) is 5.32 Å². The molecular formula is C5H16FNO3S. The van der Waals surface area contributed by atoms with Gasteiger partial charge in [0, 0.05) is 0 Å². The van der Waals surface area contributed by atoms with Crippen molar-refractivity contribution in [3.8, 4) is 0 Å². The summed E-state index contributed by atoms with van der Waals surface area (Å²) in [6, 6.07) is 0. The van der Waals surface area contributed by atoms with E-state index in [1.54, 1.807) is 0 Å². The standard InChI is InChI=1S/C4H11N.CH4O3S.FH/c1-3-5-4-2;1-5(2,3)4;/h5H,3-4H2,1-2H3;1H3,(H,2,3,4);1H. The quantitative estimate of drug-likeness (QED) is 0.612. The van der Waals surface area contributed by atoms with Gasteiger partial charge in [-0.2, -0.15) is 8.42 Å². The van der Waals surface area contributed by atoms with Crippen LogP contribution in [0.25, 0.3) is 0 Å². The average molecular weight is 189 g/mol. The lowest BCUT2D eigenvalue weighted by Gasteiger charge is -1.86. The van der Waals surface area contributed by atoms with Crippen LogP contribution in [0.2, 0.25) is 0 Å². The van der Waals surface area contributed by atoms with Gasteiger partial charge in [0.2, 0.25) is 0 Å². The normalized spacial score (nSPS) is 9.09. The highest BCUT2D eigenvalue weighted by Crippen LogP contribution is 1.60. The summed E-state index contributed by atoms with van der Waals surface area (Å²) in [5.74, 6) is 0. The molecule has 0 aliphatic heterocycles. The zero-order valence-corrected chi connectivity index (χ0v) is 7.81. The Labute approximate surface area is 67.1 Å². The molecule has 0 radical (unpaired) electrons. The Kier molecular flexibility index (Phi) is 15.2. The molecule has 11 heavy (non-hydrogen) atoms. The van der Waals surface area contributed by atoms with E-state index in [4.69, 9.17) is 4.55 Å². The summed E-state index contributed by atoms with van der Waals surface area (Å²) in [5.41, 5.74) is 0. The van der Waals surface area contributed by atoms with Crippen LogP contribution in [-0.2, 0) is 10.1 Å². The Hall–Kier alpha value is -0.200. The van der Waals surface area contributed by atoms with Gasteiger partial charge in [-0.15, -0.1) is 0 Å². The molecule has 6 heteroatoms. The minimum Gasteiger partial charge on any atom is -0.317 e. The Balaban J connectivity index is -0.000000107. The third-order valence-electron chi connectivity index (χ3n) is 0.500. The smallest absolute Gasteiger partial charge is 0.261 e.